The largest absolute Gasteiger partial charge is 0.466 e. The number of hydrogen-bond acceptors (Lipinski definition) is 3. The quantitative estimate of drug-likeness (QED) is 0.652. The van der Waals surface area contributed by atoms with Crippen molar-refractivity contribution in [2.75, 3.05) is 6.61 Å². The van der Waals surface area contributed by atoms with E-state index in [1.165, 1.54) is 0 Å². The third-order valence-corrected chi connectivity index (χ3v) is 3.84. The smallest absolute Gasteiger partial charge is 0.312 e. The highest BCUT2D eigenvalue weighted by molar-refractivity contribution is 5.87. The summed E-state index contributed by atoms with van der Waals surface area (Å²) >= 11 is 0. The first kappa shape index (κ1) is 10.7. The zero-order chi connectivity index (χ0) is 11.1. The Morgan fingerprint density at radius 3 is 2.00 bits per heavy atom. The average Bonchev–Trinajstić information content (AvgIpc) is 3.04. The van der Waals surface area contributed by atoms with Gasteiger partial charge in [0.1, 0.15) is 5.78 Å². The highest BCUT2D eigenvalue weighted by atomic mass is 16.5. The number of ketones is 1. The maximum absolute atomic E-state index is 11.7. The summed E-state index contributed by atoms with van der Waals surface area (Å²) in [6, 6.07) is 0. The maximum atomic E-state index is 11.7. The zero-order valence-electron chi connectivity index (χ0n) is 9.47. The lowest BCUT2D eigenvalue weighted by Crippen LogP contribution is -2.26. The second-order valence-corrected chi connectivity index (χ2v) is 5.01. The molecule has 0 bridgehead atoms. The van der Waals surface area contributed by atoms with E-state index >= 15 is 0 Å². The van der Waals surface area contributed by atoms with E-state index in [4.69, 9.17) is 4.74 Å². The number of esters is 1. The van der Waals surface area contributed by atoms with Crippen molar-refractivity contribution >= 4 is 11.8 Å². The minimum Gasteiger partial charge on any atom is -0.466 e. The Morgan fingerprint density at radius 2 is 1.67 bits per heavy atom. The third kappa shape index (κ3) is 1.80. The molecule has 0 atom stereocenters. The summed E-state index contributed by atoms with van der Waals surface area (Å²) in [5.74, 6) is 0.163. The van der Waals surface area contributed by atoms with Crippen LogP contribution in [0.1, 0.15) is 46.0 Å². The van der Waals surface area contributed by atoms with Crippen molar-refractivity contribution in [3.63, 3.8) is 0 Å². The molecule has 0 aromatic rings. The van der Waals surface area contributed by atoms with Crippen LogP contribution in [0.25, 0.3) is 0 Å². The number of Topliss-reactive ketones (excluding diaryl/α,β-unsaturated/α-hetero) is 1. The molecule has 0 radical (unpaired) electrons. The van der Waals surface area contributed by atoms with Crippen LogP contribution >= 0.6 is 0 Å². The van der Waals surface area contributed by atoms with Crippen molar-refractivity contribution < 1.29 is 14.3 Å². The molecule has 0 saturated heterocycles. The molecule has 0 heterocycles. The molecule has 0 N–H and O–H groups in total. The Labute approximate surface area is 90.2 Å². The van der Waals surface area contributed by atoms with E-state index in [0.29, 0.717) is 6.61 Å². The fourth-order valence-electron chi connectivity index (χ4n) is 2.34. The van der Waals surface area contributed by atoms with Crippen molar-refractivity contribution in [1.82, 2.24) is 0 Å². The van der Waals surface area contributed by atoms with Gasteiger partial charge in [-0.2, -0.15) is 0 Å². The van der Waals surface area contributed by atoms with Gasteiger partial charge in [0, 0.05) is 5.41 Å². The molecule has 2 rings (SSSR count). The molecule has 0 unspecified atom stereocenters. The van der Waals surface area contributed by atoms with Crippen LogP contribution in [0.2, 0.25) is 0 Å². The van der Waals surface area contributed by atoms with Crippen molar-refractivity contribution in [2.24, 2.45) is 10.8 Å². The van der Waals surface area contributed by atoms with Crippen LogP contribution in [0.15, 0.2) is 0 Å². The third-order valence-electron chi connectivity index (χ3n) is 3.84. The zero-order valence-corrected chi connectivity index (χ0v) is 9.47. The lowest BCUT2D eigenvalue weighted by atomic mass is 9.87. The van der Waals surface area contributed by atoms with E-state index in [9.17, 15) is 9.59 Å². The van der Waals surface area contributed by atoms with Crippen LogP contribution < -0.4 is 0 Å². The van der Waals surface area contributed by atoms with E-state index in [-0.39, 0.29) is 22.6 Å². The molecule has 3 nitrogen and oxygen atoms in total. The van der Waals surface area contributed by atoms with Gasteiger partial charge in [-0.05, 0) is 46.0 Å². The van der Waals surface area contributed by atoms with E-state index in [1.807, 2.05) is 6.92 Å². The molecule has 3 heteroatoms. The van der Waals surface area contributed by atoms with Crippen LogP contribution in [0.5, 0.6) is 0 Å². The summed E-state index contributed by atoms with van der Waals surface area (Å²) in [5, 5.41) is 0. The molecular weight excluding hydrogens is 192 g/mol. The molecular formula is C12H18O3. The lowest BCUT2D eigenvalue weighted by molar-refractivity contribution is -0.150. The minimum absolute atomic E-state index is 0.0856. The van der Waals surface area contributed by atoms with E-state index < -0.39 is 0 Å². The highest BCUT2D eigenvalue weighted by Crippen LogP contribution is 2.62. The Hall–Kier alpha value is -0.860. The second kappa shape index (κ2) is 3.32. The Morgan fingerprint density at radius 1 is 1.13 bits per heavy atom. The first-order chi connectivity index (χ1) is 7.05. The average molecular weight is 210 g/mol. The highest BCUT2D eigenvalue weighted by Gasteiger charge is 2.60. The van der Waals surface area contributed by atoms with E-state index in [0.717, 1.165) is 32.1 Å². The summed E-state index contributed by atoms with van der Waals surface area (Å²) in [4.78, 5) is 23.2. The normalized spacial score (nSPS) is 24.4. The molecule has 2 saturated carbocycles. The van der Waals surface area contributed by atoms with Crippen molar-refractivity contribution in [1.29, 1.82) is 0 Å². The number of hydrogen-bond donors (Lipinski definition) is 0. The number of carbonyl (C=O) groups excluding carboxylic acids is 2. The predicted molar refractivity (Wildman–Crippen MR) is 55.3 cm³/mol. The van der Waals surface area contributed by atoms with Crippen LogP contribution in [-0.2, 0) is 14.3 Å². The van der Waals surface area contributed by atoms with E-state index in [1.54, 1.807) is 6.92 Å². The molecule has 0 aromatic carbocycles. The number of carbonyl (C=O) groups is 2. The van der Waals surface area contributed by atoms with Gasteiger partial charge >= 0.3 is 5.97 Å². The van der Waals surface area contributed by atoms with Crippen LogP contribution in [0.3, 0.4) is 0 Å². The summed E-state index contributed by atoms with van der Waals surface area (Å²) in [7, 11) is 0. The molecule has 0 amide bonds. The summed E-state index contributed by atoms with van der Waals surface area (Å²) in [6.07, 6.45) is 4.46. The summed E-state index contributed by atoms with van der Waals surface area (Å²) < 4.78 is 5.07. The number of ether oxygens (including phenoxy) is 1. The lowest BCUT2D eigenvalue weighted by Gasteiger charge is -2.18. The van der Waals surface area contributed by atoms with Gasteiger partial charge in [0.15, 0.2) is 0 Å². The Kier molecular flexibility index (Phi) is 2.36. The van der Waals surface area contributed by atoms with Gasteiger partial charge in [0.2, 0.25) is 0 Å². The van der Waals surface area contributed by atoms with Gasteiger partial charge in [-0.25, -0.2) is 0 Å². The van der Waals surface area contributed by atoms with Gasteiger partial charge < -0.3 is 4.74 Å². The molecule has 15 heavy (non-hydrogen) atoms. The molecule has 0 aliphatic heterocycles. The van der Waals surface area contributed by atoms with Crippen LogP contribution in [0, 0.1) is 10.8 Å². The maximum Gasteiger partial charge on any atom is 0.312 e. The molecule has 2 fully saturated rings. The monoisotopic (exact) mass is 210 g/mol. The molecule has 0 aromatic heterocycles. The topological polar surface area (TPSA) is 43.4 Å². The second-order valence-electron chi connectivity index (χ2n) is 5.01. The SMILES string of the molecule is CCOC(=O)C1(CC2(C(C)=O)CC2)CC1. The molecule has 84 valence electrons. The van der Waals surface area contributed by atoms with Crippen LogP contribution in [0.4, 0.5) is 0 Å². The fourth-order valence-corrected chi connectivity index (χ4v) is 2.34. The Bertz CT molecular complexity index is 298. The Balaban J connectivity index is 2.00. The van der Waals surface area contributed by atoms with Gasteiger partial charge in [-0.3, -0.25) is 9.59 Å². The summed E-state index contributed by atoms with van der Waals surface area (Å²) in [6.45, 7) is 3.91. The summed E-state index contributed by atoms with van der Waals surface area (Å²) in [5.41, 5.74) is -0.457. The molecule has 2 aliphatic carbocycles. The molecule has 0 spiro atoms. The van der Waals surface area contributed by atoms with Crippen molar-refractivity contribution in [3.8, 4) is 0 Å². The van der Waals surface area contributed by atoms with Gasteiger partial charge in [-0.1, -0.05) is 0 Å². The van der Waals surface area contributed by atoms with E-state index in [2.05, 4.69) is 0 Å². The van der Waals surface area contributed by atoms with Gasteiger partial charge in [0.25, 0.3) is 0 Å². The van der Waals surface area contributed by atoms with Crippen molar-refractivity contribution in [3.05, 3.63) is 0 Å². The van der Waals surface area contributed by atoms with Gasteiger partial charge in [-0.15, -0.1) is 0 Å². The van der Waals surface area contributed by atoms with Gasteiger partial charge in [0.05, 0.1) is 12.0 Å². The standard InChI is InChI=1S/C12H18O3/c1-3-15-10(14)12(6-7-12)8-11(4-5-11)9(2)13/h3-8H2,1-2H3. The predicted octanol–water partition coefficient (Wildman–Crippen LogP) is 2.09. The first-order valence-corrected chi connectivity index (χ1v) is 5.73. The fraction of sp³-hybridized carbons (Fsp3) is 0.833. The molecule has 2 aliphatic rings. The van der Waals surface area contributed by atoms with Crippen LogP contribution in [-0.4, -0.2) is 18.4 Å². The minimum atomic E-state index is -0.293. The van der Waals surface area contributed by atoms with Crippen molar-refractivity contribution in [2.45, 2.75) is 46.0 Å². The number of rotatable bonds is 5. The first-order valence-electron chi connectivity index (χ1n) is 5.73.